The molecule has 1 aliphatic rings. The summed E-state index contributed by atoms with van der Waals surface area (Å²) >= 11 is 0. The molecule has 0 amide bonds. The van der Waals surface area contributed by atoms with Crippen molar-refractivity contribution in [2.24, 2.45) is 0 Å². The van der Waals surface area contributed by atoms with Crippen LogP contribution in [0.5, 0.6) is 0 Å². The molecule has 0 radical (unpaired) electrons. The summed E-state index contributed by atoms with van der Waals surface area (Å²) in [6.45, 7) is 5.48. The quantitative estimate of drug-likeness (QED) is 0.629. The van der Waals surface area contributed by atoms with E-state index in [0.29, 0.717) is 18.9 Å². The number of aliphatic hydroxyl groups excluding tert-OH is 1. The third kappa shape index (κ3) is 3.27. The molecule has 8 nitrogen and oxygen atoms in total. The van der Waals surface area contributed by atoms with Crippen molar-refractivity contribution in [1.82, 2.24) is 9.97 Å². The second kappa shape index (κ2) is 7.35. The Hall–Kier alpha value is -1.96. The summed E-state index contributed by atoms with van der Waals surface area (Å²) in [5, 5.41) is 20.8. The third-order valence-corrected chi connectivity index (χ3v) is 4.09. The number of hydrogen-bond acceptors (Lipinski definition) is 7. The van der Waals surface area contributed by atoms with Crippen molar-refractivity contribution >= 4 is 17.3 Å². The number of piperidine rings is 1. The number of aromatic nitrogens is 2. The van der Waals surface area contributed by atoms with Gasteiger partial charge in [0, 0.05) is 25.7 Å². The summed E-state index contributed by atoms with van der Waals surface area (Å²) in [7, 11) is 0. The summed E-state index contributed by atoms with van der Waals surface area (Å²) < 4.78 is 0. The van der Waals surface area contributed by atoms with E-state index in [0.717, 1.165) is 25.8 Å². The van der Waals surface area contributed by atoms with Gasteiger partial charge in [-0.05, 0) is 33.1 Å². The minimum absolute atomic E-state index is 0.0634. The molecular weight excluding hydrogens is 286 g/mol. The molecule has 22 heavy (non-hydrogen) atoms. The number of hydrogen-bond donors (Lipinski definition) is 1. The van der Waals surface area contributed by atoms with Gasteiger partial charge in [0.05, 0.1) is 11.5 Å². The van der Waals surface area contributed by atoms with Crippen LogP contribution in [-0.2, 0) is 0 Å². The lowest BCUT2D eigenvalue weighted by Crippen LogP contribution is -2.39. The highest BCUT2D eigenvalue weighted by Crippen LogP contribution is 2.36. The molecule has 1 N–H and O–H groups in total. The smallest absolute Gasteiger partial charge is 0.353 e. The normalized spacial score (nSPS) is 18.3. The molecule has 1 saturated heterocycles. The molecule has 2 heterocycles. The zero-order chi connectivity index (χ0) is 16.1. The Kier molecular flexibility index (Phi) is 5.48. The van der Waals surface area contributed by atoms with Crippen LogP contribution >= 0.6 is 0 Å². The number of rotatable bonds is 6. The van der Waals surface area contributed by atoms with Crippen molar-refractivity contribution in [3.8, 4) is 0 Å². The van der Waals surface area contributed by atoms with E-state index in [4.69, 9.17) is 5.11 Å². The van der Waals surface area contributed by atoms with E-state index in [1.807, 2.05) is 11.8 Å². The first-order valence-corrected chi connectivity index (χ1v) is 7.72. The molecule has 122 valence electrons. The average molecular weight is 309 g/mol. The largest absolute Gasteiger partial charge is 0.395 e. The number of nitrogens with zero attached hydrogens (tertiary/aromatic N) is 5. The molecule has 1 aromatic rings. The lowest BCUT2D eigenvalue weighted by molar-refractivity contribution is -0.383. The molecule has 0 aromatic carbocycles. The average Bonchev–Trinajstić information content (AvgIpc) is 2.52. The zero-order valence-electron chi connectivity index (χ0n) is 13.1. The van der Waals surface area contributed by atoms with Crippen LogP contribution in [0.3, 0.4) is 0 Å². The molecule has 2 rings (SSSR count). The molecule has 8 heteroatoms. The highest BCUT2D eigenvalue weighted by atomic mass is 16.6. The van der Waals surface area contributed by atoms with E-state index < -0.39 is 4.92 Å². The number of anilines is 2. The van der Waals surface area contributed by atoms with Gasteiger partial charge in [0.1, 0.15) is 6.33 Å². The van der Waals surface area contributed by atoms with E-state index >= 15 is 0 Å². The van der Waals surface area contributed by atoms with Gasteiger partial charge in [0.25, 0.3) is 0 Å². The van der Waals surface area contributed by atoms with Crippen LogP contribution in [0.2, 0.25) is 0 Å². The van der Waals surface area contributed by atoms with Gasteiger partial charge < -0.3 is 14.9 Å². The Morgan fingerprint density at radius 1 is 1.50 bits per heavy atom. The standard InChI is InChI=1S/C14H23N5O3/c1-3-17(8-9-20)13-12(19(21)22)14(16-10-15-13)18-7-5-4-6-11(18)2/h10-11,20H,3-9H2,1-2H3. The topological polar surface area (TPSA) is 95.6 Å². The maximum absolute atomic E-state index is 11.6. The molecular formula is C14H23N5O3. The van der Waals surface area contributed by atoms with Gasteiger partial charge in [0.2, 0.25) is 11.6 Å². The Bertz CT molecular complexity index is 525. The van der Waals surface area contributed by atoms with Gasteiger partial charge in [-0.1, -0.05) is 0 Å². The number of aliphatic hydroxyl groups is 1. The second-order valence-corrected chi connectivity index (χ2v) is 5.47. The van der Waals surface area contributed by atoms with Crippen molar-refractivity contribution in [1.29, 1.82) is 0 Å². The number of nitro groups is 1. The predicted molar refractivity (Wildman–Crippen MR) is 84.3 cm³/mol. The van der Waals surface area contributed by atoms with Crippen molar-refractivity contribution in [3.63, 3.8) is 0 Å². The fourth-order valence-electron chi connectivity index (χ4n) is 2.91. The van der Waals surface area contributed by atoms with Crippen LogP contribution in [0.25, 0.3) is 0 Å². The monoisotopic (exact) mass is 309 g/mol. The van der Waals surface area contributed by atoms with Crippen LogP contribution in [0.4, 0.5) is 17.3 Å². The van der Waals surface area contributed by atoms with Crippen molar-refractivity contribution in [2.75, 3.05) is 36.0 Å². The Morgan fingerprint density at radius 3 is 2.86 bits per heavy atom. The Morgan fingerprint density at radius 2 is 2.27 bits per heavy atom. The summed E-state index contributed by atoms with van der Waals surface area (Å²) in [5.74, 6) is 0.669. The lowest BCUT2D eigenvalue weighted by atomic mass is 10.0. The van der Waals surface area contributed by atoms with E-state index in [9.17, 15) is 10.1 Å². The molecule has 0 spiro atoms. The molecule has 0 aliphatic carbocycles. The van der Waals surface area contributed by atoms with Crippen LogP contribution in [0.15, 0.2) is 6.33 Å². The minimum Gasteiger partial charge on any atom is -0.395 e. The second-order valence-electron chi connectivity index (χ2n) is 5.47. The SMILES string of the molecule is CCN(CCO)c1ncnc(N2CCCCC2C)c1[N+](=O)[O-]. The maximum Gasteiger partial charge on any atom is 0.353 e. The van der Waals surface area contributed by atoms with Gasteiger partial charge >= 0.3 is 5.69 Å². The van der Waals surface area contributed by atoms with E-state index in [2.05, 4.69) is 16.9 Å². The first kappa shape index (κ1) is 16.4. The van der Waals surface area contributed by atoms with Crippen molar-refractivity contribution in [2.45, 2.75) is 39.2 Å². The maximum atomic E-state index is 11.6. The highest BCUT2D eigenvalue weighted by molar-refractivity contribution is 5.71. The van der Waals surface area contributed by atoms with Crippen molar-refractivity contribution in [3.05, 3.63) is 16.4 Å². The fraction of sp³-hybridized carbons (Fsp3) is 0.714. The number of likely N-dealkylation sites (N-methyl/N-ethyl adjacent to an activating group) is 1. The van der Waals surface area contributed by atoms with Crippen molar-refractivity contribution < 1.29 is 10.0 Å². The van der Waals surface area contributed by atoms with Gasteiger partial charge in [0.15, 0.2) is 0 Å². The highest BCUT2D eigenvalue weighted by Gasteiger charge is 2.32. The fourth-order valence-corrected chi connectivity index (χ4v) is 2.91. The van der Waals surface area contributed by atoms with E-state index in [-0.39, 0.29) is 24.2 Å². The first-order valence-electron chi connectivity index (χ1n) is 7.72. The molecule has 1 unspecified atom stereocenters. The van der Waals surface area contributed by atoms with Gasteiger partial charge in [-0.15, -0.1) is 0 Å². The van der Waals surface area contributed by atoms with Gasteiger partial charge in [-0.25, -0.2) is 9.97 Å². The Labute approximate surface area is 129 Å². The van der Waals surface area contributed by atoms with Crippen LogP contribution < -0.4 is 9.80 Å². The molecule has 0 bridgehead atoms. The minimum atomic E-state index is -0.411. The Balaban J connectivity index is 2.47. The molecule has 1 fully saturated rings. The molecule has 1 atom stereocenters. The van der Waals surface area contributed by atoms with Crippen LogP contribution in [0, 0.1) is 10.1 Å². The van der Waals surface area contributed by atoms with Gasteiger partial charge in [-0.3, -0.25) is 10.1 Å². The van der Waals surface area contributed by atoms with Gasteiger partial charge in [-0.2, -0.15) is 0 Å². The van der Waals surface area contributed by atoms with E-state index in [1.54, 1.807) is 4.90 Å². The summed E-state index contributed by atoms with van der Waals surface area (Å²) in [6, 6.07) is 0.225. The van der Waals surface area contributed by atoms with Crippen LogP contribution in [-0.4, -0.2) is 52.3 Å². The summed E-state index contributed by atoms with van der Waals surface area (Å²) in [5.41, 5.74) is -0.0634. The third-order valence-electron chi connectivity index (χ3n) is 4.09. The molecule has 1 aromatic heterocycles. The summed E-state index contributed by atoms with van der Waals surface area (Å²) in [4.78, 5) is 23.2. The zero-order valence-corrected chi connectivity index (χ0v) is 13.1. The summed E-state index contributed by atoms with van der Waals surface area (Å²) in [6.07, 6.45) is 4.52. The lowest BCUT2D eigenvalue weighted by Gasteiger charge is -2.34. The first-order chi connectivity index (χ1) is 10.6. The van der Waals surface area contributed by atoms with Crippen LogP contribution in [0.1, 0.15) is 33.1 Å². The predicted octanol–water partition coefficient (Wildman–Crippen LogP) is 1.58. The van der Waals surface area contributed by atoms with E-state index in [1.165, 1.54) is 6.33 Å². The molecule has 1 aliphatic heterocycles. The molecule has 0 saturated carbocycles.